The molecule has 0 saturated heterocycles. The van der Waals surface area contributed by atoms with E-state index in [1.54, 1.807) is 39.8 Å². The van der Waals surface area contributed by atoms with E-state index in [1.165, 1.54) is 6.07 Å². The number of anilines is 1. The molecular formula is C13H20N2O3. The van der Waals surface area contributed by atoms with Crippen LogP contribution in [0.15, 0.2) is 18.2 Å². The zero-order chi connectivity index (χ0) is 14.1. The Morgan fingerprint density at radius 1 is 1.28 bits per heavy atom. The molecule has 0 aliphatic carbocycles. The van der Waals surface area contributed by atoms with Crippen molar-refractivity contribution in [3.05, 3.63) is 33.9 Å². The molecule has 5 nitrogen and oxygen atoms in total. The first-order valence-electron chi connectivity index (χ1n) is 5.80. The molecule has 0 aliphatic heterocycles. The molecule has 1 aromatic carbocycles. The molecule has 18 heavy (non-hydrogen) atoms. The molecule has 1 aromatic rings. The number of hydrogen-bond acceptors (Lipinski definition) is 4. The maximum absolute atomic E-state index is 11.0. The standard InChI is InChI=1S/C13H20N2O3/c1-9-6-7-11(15(17)18)10(8-9)14-12(2,3)13(4,5)16/h6-8,14,16H,1-5H3. The maximum Gasteiger partial charge on any atom is 0.292 e. The first kappa shape index (κ1) is 14.4. The molecular weight excluding hydrogens is 232 g/mol. The average molecular weight is 252 g/mol. The van der Waals surface area contributed by atoms with Crippen molar-refractivity contribution in [1.82, 2.24) is 0 Å². The quantitative estimate of drug-likeness (QED) is 0.638. The van der Waals surface area contributed by atoms with Crippen LogP contribution >= 0.6 is 0 Å². The van der Waals surface area contributed by atoms with Crippen molar-refractivity contribution in [2.75, 3.05) is 5.32 Å². The summed E-state index contributed by atoms with van der Waals surface area (Å²) in [6.45, 7) is 8.81. The van der Waals surface area contributed by atoms with E-state index in [-0.39, 0.29) is 5.69 Å². The van der Waals surface area contributed by atoms with Crippen LogP contribution in [0.3, 0.4) is 0 Å². The molecule has 0 aromatic heterocycles. The lowest BCUT2D eigenvalue weighted by Crippen LogP contribution is -2.51. The number of aryl methyl sites for hydroxylation is 1. The van der Waals surface area contributed by atoms with Crippen molar-refractivity contribution in [2.45, 2.75) is 45.8 Å². The van der Waals surface area contributed by atoms with Crippen LogP contribution < -0.4 is 5.32 Å². The van der Waals surface area contributed by atoms with E-state index in [1.807, 2.05) is 6.92 Å². The number of aliphatic hydroxyl groups is 1. The largest absolute Gasteiger partial charge is 0.388 e. The fraction of sp³-hybridized carbons (Fsp3) is 0.538. The van der Waals surface area contributed by atoms with Crippen molar-refractivity contribution in [2.24, 2.45) is 0 Å². The highest BCUT2D eigenvalue weighted by atomic mass is 16.6. The number of nitrogens with one attached hydrogen (secondary N) is 1. The lowest BCUT2D eigenvalue weighted by Gasteiger charge is -2.38. The lowest BCUT2D eigenvalue weighted by atomic mass is 9.85. The number of benzene rings is 1. The first-order valence-corrected chi connectivity index (χ1v) is 5.80. The molecule has 0 radical (unpaired) electrons. The molecule has 0 fully saturated rings. The normalized spacial score (nSPS) is 12.3. The molecule has 100 valence electrons. The summed E-state index contributed by atoms with van der Waals surface area (Å²) in [5.74, 6) is 0. The molecule has 0 unspecified atom stereocenters. The fourth-order valence-corrected chi connectivity index (χ4v) is 1.40. The Hall–Kier alpha value is -1.62. The number of hydrogen-bond donors (Lipinski definition) is 2. The predicted octanol–water partition coefficient (Wildman–Crippen LogP) is 2.86. The van der Waals surface area contributed by atoms with Gasteiger partial charge in [0.2, 0.25) is 0 Å². The lowest BCUT2D eigenvalue weighted by molar-refractivity contribution is -0.384. The summed E-state index contributed by atoms with van der Waals surface area (Å²) < 4.78 is 0. The van der Waals surface area contributed by atoms with Gasteiger partial charge in [-0.2, -0.15) is 0 Å². The average Bonchev–Trinajstić information content (AvgIpc) is 2.14. The Morgan fingerprint density at radius 3 is 2.28 bits per heavy atom. The van der Waals surface area contributed by atoms with Crippen molar-refractivity contribution in [3.63, 3.8) is 0 Å². The number of nitro groups is 1. The molecule has 0 aliphatic rings. The van der Waals surface area contributed by atoms with Crippen LogP contribution in [0.25, 0.3) is 0 Å². The van der Waals surface area contributed by atoms with Crippen molar-refractivity contribution >= 4 is 11.4 Å². The van der Waals surface area contributed by atoms with Gasteiger partial charge in [-0.1, -0.05) is 6.07 Å². The highest BCUT2D eigenvalue weighted by Crippen LogP contribution is 2.32. The van der Waals surface area contributed by atoms with Gasteiger partial charge in [-0.3, -0.25) is 10.1 Å². The molecule has 0 atom stereocenters. The van der Waals surface area contributed by atoms with E-state index in [0.717, 1.165) is 5.56 Å². The van der Waals surface area contributed by atoms with Gasteiger partial charge in [0, 0.05) is 6.07 Å². The SMILES string of the molecule is Cc1ccc([N+](=O)[O-])c(NC(C)(C)C(C)(C)O)c1. The van der Waals surface area contributed by atoms with Crippen LogP contribution in [0, 0.1) is 17.0 Å². The second-order valence-corrected chi connectivity index (χ2v) is 5.59. The van der Waals surface area contributed by atoms with Crippen molar-refractivity contribution in [1.29, 1.82) is 0 Å². The zero-order valence-electron chi connectivity index (χ0n) is 11.4. The van der Waals surface area contributed by atoms with Crippen molar-refractivity contribution < 1.29 is 10.0 Å². The third kappa shape index (κ3) is 2.98. The van der Waals surface area contributed by atoms with Crippen LogP contribution in [0.4, 0.5) is 11.4 Å². The second kappa shape index (κ2) is 4.57. The van der Waals surface area contributed by atoms with Crippen LogP contribution in [0.2, 0.25) is 0 Å². The molecule has 1 rings (SSSR count). The second-order valence-electron chi connectivity index (χ2n) is 5.59. The number of nitrogens with zero attached hydrogens (tertiary/aromatic N) is 1. The minimum atomic E-state index is -1.01. The first-order chi connectivity index (χ1) is 8.04. The van der Waals surface area contributed by atoms with Crippen LogP contribution in [0.5, 0.6) is 0 Å². The van der Waals surface area contributed by atoms with Gasteiger partial charge in [0.25, 0.3) is 5.69 Å². The Morgan fingerprint density at radius 2 is 1.83 bits per heavy atom. The monoisotopic (exact) mass is 252 g/mol. The molecule has 0 heterocycles. The molecule has 0 spiro atoms. The number of nitro benzene ring substituents is 1. The summed E-state index contributed by atoms with van der Waals surface area (Å²) in [4.78, 5) is 10.5. The Bertz CT molecular complexity index is 462. The van der Waals surface area contributed by atoms with E-state index in [0.29, 0.717) is 5.69 Å². The molecule has 2 N–H and O–H groups in total. The van der Waals surface area contributed by atoms with Crippen LogP contribution in [-0.2, 0) is 0 Å². The zero-order valence-corrected chi connectivity index (χ0v) is 11.4. The van der Waals surface area contributed by atoms with Gasteiger partial charge in [-0.25, -0.2) is 0 Å². The van der Waals surface area contributed by atoms with Crippen molar-refractivity contribution in [3.8, 4) is 0 Å². The van der Waals surface area contributed by atoms with Crippen LogP contribution in [-0.4, -0.2) is 21.2 Å². The summed E-state index contributed by atoms with van der Waals surface area (Å²) in [5, 5.41) is 24.1. The van der Waals surface area contributed by atoms with Gasteiger partial charge in [0.1, 0.15) is 5.69 Å². The van der Waals surface area contributed by atoms with E-state index in [4.69, 9.17) is 0 Å². The van der Waals surface area contributed by atoms with Gasteiger partial charge in [0.05, 0.1) is 16.1 Å². The van der Waals surface area contributed by atoms with Crippen LogP contribution in [0.1, 0.15) is 33.3 Å². The molecule has 5 heteroatoms. The Balaban J connectivity index is 3.18. The van der Waals surface area contributed by atoms with E-state index in [2.05, 4.69) is 5.32 Å². The number of rotatable bonds is 4. The third-order valence-electron chi connectivity index (χ3n) is 3.33. The fourth-order valence-electron chi connectivity index (χ4n) is 1.40. The summed E-state index contributed by atoms with van der Waals surface area (Å²) >= 11 is 0. The van der Waals surface area contributed by atoms with Gasteiger partial charge in [0.15, 0.2) is 0 Å². The molecule has 0 amide bonds. The topological polar surface area (TPSA) is 75.4 Å². The summed E-state index contributed by atoms with van der Waals surface area (Å²) in [7, 11) is 0. The van der Waals surface area contributed by atoms with Gasteiger partial charge in [-0.15, -0.1) is 0 Å². The maximum atomic E-state index is 11.0. The highest BCUT2D eigenvalue weighted by molar-refractivity contribution is 5.64. The summed E-state index contributed by atoms with van der Waals surface area (Å²) in [6.07, 6.45) is 0. The predicted molar refractivity (Wildman–Crippen MR) is 71.8 cm³/mol. The van der Waals surface area contributed by atoms with E-state index < -0.39 is 16.1 Å². The minimum Gasteiger partial charge on any atom is -0.388 e. The summed E-state index contributed by atoms with van der Waals surface area (Å²) in [6, 6.07) is 4.88. The Labute approximate surface area is 107 Å². The van der Waals surface area contributed by atoms with Gasteiger partial charge in [-0.05, 0) is 46.2 Å². The van der Waals surface area contributed by atoms with Gasteiger partial charge >= 0.3 is 0 Å². The Kier molecular flexibility index (Phi) is 3.67. The summed E-state index contributed by atoms with van der Waals surface area (Å²) in [5.41, 5.74) is -0.337. The van der Waals surface area contributed by atoms with Gasteiger partial charge < -0.3 is 10.4 Å². The third-order valence-corrected chi connectivity index (χ3v) is 3.33. The molecule has 0 saturated carbocycles. The van der Waals surface area contributed by atoms with E-state index >= 15 is 0 Å². The smallest absolute Gasteiger partial charge is 0.292 e. The minimum absolute atomic E-state index is 0.0120. The highest BCUT2D eigenvalue weighted by Gasteiger charge is 2.36. The molecule has 0 bridgehead atoms. The van der Waals surface area contributed by atoms with E-state index in [9.17, 15) is 15.2 Å².